The van der Waals surface area contributed by atoms with E-state index < -0.39 is 5.72 Å². The molecule has 6 nitrogen and oxygen atoms in total. The minimum atomic E-state index is -1.06. The van der Waals surface area contributed by atoms with Crippen LogP contribution in [-0.2, 0) is 0 Å². The molecule has 0 radical (unpaired) electrons. The third-order valence-corrected chi connectivity index (χ3v) is 7.07. The van der Waals surface area contributed by atoms with E-state index in [9.17, 15) is 5.11 Å². The third-order valence-electron chi connectivity index (χ3n) is 7.07. The van der Waals surface area contributed by atoms with Crippen molar-refractivity contribution in [1.82, 2.24) is 9.88 Å². The van der Waals surface area contributed by atoms with Gasteiger partial charge in [0.1, 0.15) is 23.7 Å². The molecular formula is C28H34Cl2N2O4. The Morgan fingerprint density at radius 3 is 2.42 bits per heavy atom. The van der Waals surface area contributed by atoms with Crippen molar-refractivity contribution >= 4 is 35.8 Å². The Morgan fingerprint density at radius 1 is 1.00 bits per heavy atom. The van der Waals surface area contributed by atoms with E-state index in [2.05, 4.69) is 41.9 Å². The van der Waals surface area contributed by atoms with Gasteiger partial charge in [0.25, 0.3) is 0 Å². The topological polar surface area (TPSA) is 71.9 Å². The van der Waals surface area contributed by atoms with E-state index in [-0.39, 0.29) is 31.4 Å². The molecule has 1 saturated heterocycles. The summed E-state index contributed by atoms with van der Waals surface area (Å²) < 4.78 is 17.7. The van der Waals surface area contributed by atoms with Gasteiger partial charge in [-0.1, -0.05) is 24.3 Å². The molecule has 3 heterocycles. The van der Waals surface area contributed by atoms with Crippen LogP contribution in [0.1, 0.15) is 48.3 Å². The number of halogens is 2. The fraction of sp³-hybridized carbons (Fsp3) is 0.393. The summed E-state index contributed by atoms with van der Waals surface area (Å²) in [4.78, 5) is 6.27. The average Bonchev–Trinajstić information content (AvgIpc) is 3.46. The second-order valence-electron chi connectivity index (χ2n) is 9.63. The molecule has 2 aromatic carbocycles. The Kier molecular flexibility index (Phi) is 8.78. The van der Waals surface area contributed by atoms with Crippen LogP contribution < -0.4 is 4.74 Å². The van der Waals surface area contributed by atoms with Gasteiger partial charge < -0.3 is 18.7 Å². The first kappa shape index (κ1) is 28.1. The summed E-state index contributed by atoms with van der Waals surface area (Å²) in [5, 5.41) is 12.1. The zero-order valence-corrected chi connectivity index (χ0v) is 22.7. The maximum absolute atomic E-state index is 11.3. The van der Waals surface area contributed by atoms with Crippen molar-refractivity contribution in [2.45, 2.75) is 52.2 Å². The van der Waals surface area contributed by atoms with Crippen molar-refractivity contribution in [1.29, 1.82) is 0 Å². The normalized spacial score (nSPS) is 16.2. The monoisotopic (exact) mass is 532 g/mol. The number of rotatable bonds is 6. The Hall–Kier alpha value is -2.51. The van der Waals surface area contributed by atoms with Gasteiger partial charge >= 0.3 is 0 Å². The van der Waals surface area contributed by atoms with Crippen molar-refractivity contribution in [2.75, 3.05) is 19.7 Å². The predicted molar refractivity (Wildman–Crippen MR) is 147 cm³/mol. The minimum absolute atomic E-state index is 0. The second-order valence-corrected chi connectivity index (χ2v) is 9.63. The minimum Gasteiger partial charge on any atom is -0.488 e. The molecule has 36 heavy (non-hydrogen) atoms. The van der Waals surface area contributed by atoms with Crippen LogP contribution in [0.4, 0.5) is 0 Å². The van der Waals surface area contributed by atoms with Crippen molar-refractivity contribution in [3.63, 3.8) is 0 Å². The quantitative estimate of drug-likeness (QED) is 0.293. The number of hydrogen-bond acceptors (Lipinski definition) is 6. The highest BCUT2D eigenvalue weighted by Gasteiger charge is 2.34. The number of fused-ring (bicyclic) bond motifs is 1. The highest BCUT2D eigenvalue weighted by molar-refractivity contribution is 5.87. The van der Waals surface area contributed by atoms with Crippen LogP contribution in [0.25, 0.3) is 22.5 Å². The molecule has 4 aromatic rings. The van der Waals surface area contributed by atoms with E-state index in [0.717, 1.165) is 31.3 Å². The summed E-state index contributed by atoms with van der Waals surface area (Å²) in [5.74, 6) is 2.98. The summed E-state index contributed by atoms with van der Waals surface area (Å²) >= 11 is 0. The molecular weight excluding hydrogens is 499 g/mol. The summed E-state index contributed by atoms with van der Waals surface area (Å²) in [5.41, 5.74) is 3.72. The fourth-order valence-electron chi connectivity index (χ4n) is 4.78. The van der Waals surface area contributed by atoms with Gasteiger partial charge in [0.05, 0.1) is 11.6 Å². The SMILES string of the molecule is Cc1ncc(-c2cc3c(OC[C@](C)(O)N4CCC(c5ccc(C)c(C)c5)CC4)cccc3o2)o1.Cl.Cl. The number of likely N-dealkylation sites (tertiary alicyclic amines) is 1. The number of aromatic nitrogens is 1. The highest BCUT2D eigenvalue weighted by Crippen LogP contribution is 2.35. The van der Waals surface area contributed by atoms with Gasteiger partial charge in [-0.3, -0.25) is 4.90 Å². The van der Waals surface area contributed by atoms with Crippen LogP contribution in [0, 0.1) is 20.8 Å². The van der Waals surface area contributed by atoms with Crippen LogP contribution >= 0.6 is 24.8 Å². The van der Waals surface area contributed by atoms with Crippen LogP contribution in [0.3, 0.4) is 0 Å². The largest absolute Gasteiger partial charge is 0.488 e. The number of furan rings is 1. The molecule has 0 unspecified atom stereocenters. The predicted octanol–water partition coefficient (Wildman–Crippen LogP) is 6.82. The first-order valence-electron chi connectivity index (χ1n) is 11.9. The van der Waals surface area contributed by atoms with Crippen molar-refractivity contribution < 1.29 is 18.7 Å². The first-order chi connectivity index (χ1) is 16.3. The maximum atomic E-state index is 11.3. The molecule has 0 saturated carbocycles. The lowest BCUT2D eigenvalue weighted by Crippen LogP contribution is -2.53. The number of benzene rings is 2. The van der Waals surface area contributed by atoms with Gasteiger partial charge in [0.15, 0.2) is 17.4 Å². The number of aliphatic hydroxyl groups is 1. The van der Waals surface area contributed by atoms with Crippen molar-refractivity contribution in [3.8, 4) is 17.3 Å². The van der Waals surface area contributed by atoms with Crippen LogP contribution in [0.15, 0.2) is 57.5 Å². The molecule has 1 atom stereocenters. The standard InChI is InChI=1S/C28H32N2O4.2ClH/c1-18-8-9-22(14-19(18)2)21-10-12-30(13-11-21)28(4,31)17-32-24-6-5-7-25-23(24)15-26(34-25)27-16-29-20(3)33-27;;/h5-9,14-16,21,31H,10-13,17H2,1-4H3;2*1H/t28-;;/m0../s1. The van der Waals surface area contributed by atoms with Gasteiger partial charge in [-0.05, 0) is 74.4 Å². The number of oxazole rings is 1. The van der Waals surface area contributed by atoms with Crippen molar-refractivity contribution in [3.05, 3.63) is 71.2 Å². The van der Waals surface area contributed by atoms with Crippen LogP contribution in [-0.4, -0.2) is 40.4 Å². The molecule has 1 aliphatic heterocycles. The van der Waals surface area contributed by atoms with E-state index in [0.29, 0.717) is 34.7 Å². The maximum Gasteiger partial charge on any atom is 0.191 e. The number of ether oxygens (including phenoxy) is 1. The van der Waals surface area contributed by atoms with Gasteiger partial charge in [0, 0.05) is 20.0 Å². The smallest absolute Gasteiger partial charge is 0.191 e. The zero-order valence-electron chi connectivity index (χ0n) is 21.1. The number of hydrogen-bond donors (Lipinski definition) is 1. The average molecular weight is 533 g/mol. The lowest BCUT2D eigenvalue weighted by molar-refractivity contribution is -0.126. The van der Waals surface area contributed by atoms with Crippen molar-refractivity contribution in [2.24, 2.45) is 0 Å². The lowest BCUT2D eigenvalue weighted by Gasteiger charge is -2.41. The number of nitrogens with zero attached hydrogens (tertiary/aromatic N) is 2. The Labute approximate surface area is 224 Å². The molecule has 1 fully saturated rings. The molecule has 2 aromatic heterocycles. The third kappa shape index (κ3) is 5.73. The van der Waals surface area contributed by atoms with E-state index in [4.69, 9.17) is 13.6 Å². The van der Waals surface area contributed by atoms with Crippen LogP contribution in [0.5, 0.6) is 5.75 Å². The summed E-state index contributed by atoms with van der Waals surface area (Å²) in [6, 6.07) is 14.4. The first-order valence-corrected chi connectivity index (χ1v) is 11.9. The van der Waals surface area contributed by atoms with E-state index in [1.165, 1.54) is 16.7 Å². The fourth-order valence-corrected chi connectivity index (χ4v) is 4.78. The second kappa shape index (κ2) is 11.3. The van der Waals surface area contributed by atoms with Crippen LogP contribution in [0.2, 0.25) is 0 Å². The molecule has 0 amide bonds. The van der Waals surface area contributed by atoms with Gasteiger partial charge in [-0.25, -0.2) is 4.98 Å². The molecule has 0 bridgehead atoms. The Bertz CT molecular complexity index is 1310. The number of piperidine rings is 1. The molecule has 5 rings (SSSR count). The Balaban J connectivity index is 0.00000180. The molecule has 0 spiro atoms. The lowest BCUT2D eigenvalue weighted by atomic mass is 9.87. The summed E-state index contributed by atoms with van der Waals surface area (Å²) in [7, 11) is 0. The molecule has 0 aliphatic carbocycles. The van der Waals surface area contributed by atoms with Gasteiger partial charge in [-0.2, -0.15) is 0 Å². The Morgan fingerprint density at radius 2 is 1.75 bits per heavy atom. The molecule has 1 aliphatic rings. The number of aryl methyl sites for hydroxylation is 3. The molecule has 8 heteroatoms. The highest BCUT2D eigenvalue weighted by atomic mass is 35.5. The van der Waals surface area contributed by atoms with Gasteiger partial charge in [-0.15, -0.1) is 24.8 Å². The molecule has 1 N–H and O–H groups in total. The zero-order chi connectivity index (χ0) is 23.9. The molecule has 194 valence electrons. The van der Waals surface area contributed by atoms with E-state index in [1.807, 2.05) is 31.2 Å². The van der Waals surface area contributed by atoms with E-state index in [1.54, 1.807) is 13.1 Å². The van der Waals surface area contributed by atoms with E-state index >= 15 is 0 Å². The summed E-state index contributed by atoms with van der Waals surface area (Å²) in [6.45, 7) is 9.79. The van der Waals surface area contributed by atoms with Gasteiger partial charge in [0.2, 0.25) is 0 Å². The summed E-state index contributed by atoms with van der Waals surface area (Å²) in [6.07, 6.45) is 3.70.